The molecule has 0 unspecified atom stereocenters. The quantitative estimate of drug-likeness (QED) is 0.148. The predicted octanol–water partition coefficient (Wildman–Crippen LogP) is 17.2. The van der Waals surface area contributed by atoms with Gasteiger partial charge in [-0.05, 0) is 92.5 Å². The van der Waals surface area contributed by atoms with Gasteiger partial charge in [0.05, 0.1) is 28.1 Å². The Bertz CT molecular complexity index is 3510. The van der Waals surface area contributed by atoms with Gasteiger partial charge < -0.3 is 9.47 Å². The Morgan fingerprint density at radius 3 is 1.46 bits per heavy atom. The van der Waals surface area contributed by atoms with Crippen molar-refractivity contribution in [3.63, 3.8) is 0 Å². The van der Waals surface area contributed by atoms with Gasteiger partial charge in [0, 0.05) is 38.6 Å². The lowest BCUT2D eigenvalue weighted by molar-refractivity contribution is 0.660. The number of nitrogens with zero attached hydrogens (tertiary/aromatic N) is 2. The minimum atomic E-state index is -0.164. The largest absolute Gasteiger partial charge is 0.309 e. The molecule has 0 spiro atoms. The first kappa shape index (κ1) is 38.5. The van der Waals surface area contributed by atoms with Crippen LogP contribution in [0.4, 0.5) is 17.1 Å². The van der Waals surface area contributed by atoms with Gasteiger partial charge in [0.25, 0.3) is 0 Å². The fraction of sp³-hybridized carbons (Fsp3) is 0.0476. The molecule has 0 saturated carbocycles. The summed E-state index contributed by atoms with van der Waals surface area (Å²) >= 11 is 0. The highest BCUT2D eigenvalue weighted by Crippen LogP contribution is 2.56. The average molecular weight is 831 g/mol. The molecule has 0 amide bonds. The highest BCUT2D eigenvalue weighted by Gasteiger charge is 2.38. The monoisotopic (exact) mass is 830 g/mol. The molecule has 1 aliphatic rings. The van der Waals surface area contributed by atoms with Crippen LogP contribution in [0.5, 0.6) is 0 Å². The normalized spacial score (nSPS) is 12.6. The molecule has 0 saturated heterocycles. The van der Waals surface area contributed by atoms with E-state index in [9.17, 15) is 0 Å². The van der Waals surface area contributed by atoms with Crippen molar-refractivity contribution in [2.75, 3.05) is 4.90 Å². The van der Waals surface area contributed by atoms with Crippen molar-refractivity contribution in [1.82, 2.24) is 4.57 Å². The molecule has 0 atom stereocenters. The summed E-state index contributed by atoms with van der Waals surface area (Å²) in [7, 11) is 0. The molecule has 0 bridgehead atoms. The molecular formula is C63H46N2. The number of hydrogen-bond donors (Lipinski definition) is 0. The van der Waals surface area contributed by atoms with Crippen molar-refractivity contribution in [2.45, 2.75) is 19.3 Å². The van der Waals surface area contributed by atoms with E-state index in [2.05, 4.69) is 266 Å². The van der Waals surface area contributed by atoms with Crippen molar-refractivity contribution >= 4 is 38.9 Å². The SMILES string of the molecule is CC1(C)c2ccccc2-c2c(N(c3ccc(-c4ccccc4-n4c5ccccc5c5ccccc54)cc3)c3cccc(-c4ccccc4)c3-c3ccccc3-c3ccccc3)cccc21. The summed E-state index contributed by atoms with van der Waals surface area (Å²) in [5.74, 6) is 0. The van der Waals surface area contributed by atoms with Crippen LogP contribution in [0.2, 0.25) is 0 Å². The highest BCUT2D eigenvalue weighted by atomic mass is 15.1. The van der Waals surface area contributed by atoms with Crippen molar-refractivity contribution in [1.29, 1.82) is 0 Å². The van der Waals surface area contributed by atoms with E-state index >= 15 is 0 Å². The summed E-state index contributed by atoms with van der Waals surface area (Å²) in [6, 6.07) is 88.9. The van der Waals surface area contributed by atoms with Crippen LogP contribution in [-0.4, -0.2) is 4.57 Å². The average Bonchev–Trinajstić information content (AvgIpc) is 3.83. The number of hydrogen-bond acceptors (Lipinski definition) is 1. The Hall–Kier alpha value is -8.20. The molecule has 1 aromatic heterocycles. The molecule has 1 heterocycles. The second kappa shape index (κ2) is 15.6. The number of benzene rings is 10. The van der Waals surface area contributed by atoms with Crippen molar-refractivity contribution in [3.05, 3.63) is 254 Å². The van der Waals surface area contributed by atoms with Gasteiger partial charge in [0.2, 0.25) is 0 Å². The van der Waals surface area contributed by atoms with E-state index in [1.54, 1.807) is 0 Å². The predicted molar refractivity (Wildman–Crippen MR) is 275 cm³/mol. The first-order valence-corrected chi connectivity index (χ1v) is 22.6. The number of para-hydroxylation sites is 3. The van der Waals surface area contributed by atoms with E-state index in [4.69, 9.17) is 0 Å². The minimum Gasteiger partial charge on any atom is -0.309 e. The molecule has 0 radical (unpaired) electrons. The van der Waals surface area contributed by atoms with Gasteiger partial charge in [-0.3, -0.25) is 0 Å². The van der Waals surface area contributed by atoms with Crippen molar-refractivity contribution < 1.29 is 0 Å². The molecule has 0 N–H and O–H groups in total. The maximum atomic E-state index is 2.53. The lowest BCUT2D eigenvalue weighted by Crippen LogP contribution is -2.16. The smallest absolute Gasteiger partial charge is 0.0546 e. The third kappa shape index (κ3) is 6.25. The second-order valence-electron chi connectivity index (χ2n) is 17.6. The van der Waals surface area contributed by atoms with Crippen LogP contribution in [0.25, 0.3) is 83.1 Å². The van der Waals surface area contributed by atoms with Crippen LogP contribution in [0.15, 0.2) is 243 Å². The third-order valence-electron chi connectivity index (χ3n) is 13.6. The minimum absolute atomic E-state index is 0.164. The molecule has 11 aromatic rings. The van der Waals surface area contributed by atoms with E-state index in [0.717, 1.165) is 28.3 Å². The van der Waals surface area contributed by atoms with Gasteiger partial charge >= 0.3 is 0 Å². The summed E-state index contributed by atoms with van der Waals surface area (Å²) in [5, 5.41) is 2.51. The number of aromatic nitrogens is 1. The van der Waals surface area contributed by atoms with Crippen LogP contribution in [0, 0.1) is 0 Å². The van der Waals surface area contributed by atoms with E-state index in [-0.39, 0.29) is 5.41 Å². The topological polar surface area (TPSA) is 8.17 Å². The standard InChI is InChI=1S/C63H46N2/c1-63(2)54-32-15-11-30-53(54)62-55(63)33-20-38-60(62)64(59-37-19-31-49(44-23-7-4-8-24-44)61(59)52-29-10-9-25-47(52)43-21-5-3-6-22-43)46-41-39-45(40-42-46)48-26-12-16-34-56(48)65-57-35-17-13-27-50(57)51-28-14-18-36-58(51)65/h3-42H,1-2H3. The molecule has 10 aromatic carbocycles. The van der Waals surface area contributed by atoms with Gasteiger partial charge in [-0.1, -0.05) is 214 Å². The van der Waals surface area contributed by atoms with Crippen LogP contribution in [0.1, 0.15) is 25.0 Å². The number of anilines is 3. The summed E-state index contributed by atoms with van der Waals surface area (Å²) < 4.78 is 2.43. The molecule has 65 heavy (non-hydrogen) atoms. The maximum Gasteiger partial charge on any atom is 0.0546 e. The lowest BCUT2D eigenvalue weighted by Gasteiger charge is -2.32. The van der Waals surface area contributed by atoms with Gasteiger partial charge in [-0.25, -0.2) is 0 Å². The molecule has 1 aliphatic carbocycles. The van der Waals surface area contributed by atoms with Crippen molar-refractivity contribution in [3.8, 4) is 61.3 Å². The molecule has 308 valence electrons. The fourth-order valence-electron chi connectivity index (χ4n) is 10.7. The van der Waals surface area contributed by atoms with Crippen molar-refractivity contribution in [2.24, 2.45) is 0 Å². The molecule has 12 rings (SSSR count). The van der Waals surface area contributed by atoms with E-state index in [1.165, 1.54) is 83.0 Å². The maximum absolute atomic E-state index is 2.53. The molecule has 2 heteroatoms. The number of rotatable bonds is 8. The number of fused-ring (bicyclic) bond motifs is 6. The Labute approximate surface area is 381 Å². The Morgan fingerprint density at radius 2 is 0.785 bits per heavy atom. The van der Waals surface area contributed by atoms with Crippen LogP contribution in [0.3, 0.4) is 0 Å². The Morgan fingerprint density at radius 1 is 0.323 bits per heavy atom. The van der Waals surface area contributed by atoms with E-state index in [1.807, 2.05) is 0 Å². The van der Waals surface area contributed by atoms with Gasteiger partial charge in [0.1, 0.15) is 0 Å². The molecule has 0 aliphatic heterocycles. The Balaban J connectivity index is 1.11. The van der Waals surface area contributed by atoms with Gasteiger partial charge in [0.15, 0.2) is 0 Å². The van der Waals surface area contributed by atoms with Gasteiger partial charge in [-0.15, -0.1) is 0 Å². The van der Waals surface area contributed by atoms with Crippen LogP contribution >= 0.6 is 0 Å². The molecular weight excluding hydrogens is 785 g/mol. The fourth-order valence-corrected chi connectivity index (χ4v) is 10.7. The van der Waals surface area contributed by atoms with Crippen LogP contribution in [-0.2, 0) is 5.41 Å². The zero-order valence-corrected chi connectivity index (χ0v) is 36.5. The highest BCUT2D eigenvalue weighted by molar-refractivity contribution is 6.10. The summed E-state index contributed by atoms with van der Waals surface area (Å²) in [4.78, 5) is 2.53. The summed E-state index contributed by atoms with van der Waals surface area (Å²) in [5.41, 5.74) is 21.4. The summed E-state index contributed by atoms with van der Waals surface area (Å²) in [6.45, 7) is 4.74. The molecule has 2 nitrogen and oxygen atoms in total. The van der Waals surface area contributed by atoms with E-state index < -0.39 is 0 Å². The third-order valence-corrected chi connectivity index (χ3v) is 13.6. The van der Waals surface area contributed by atoms with Gasteiger partial charge in [-0.2, -0.15) is 0 Å². The lowest BCUT2D eigenvalue weighted by atomic mass is 9.82. The van der Waals surface area contributed by atoms with Crippen LogP contribution < -0.4 is 4.90 Å². The van der Waals surface area contributed by atoms with E-state index in [0.29, 0.717) is 0 Å². The zero-order valence-electron chi connectivity index (χ0n) is 36.5. The first-order valence-electron chi connectivity index (χ1n) is 22.6. The second-order valence-corrected chi connectivity index (χ2v) is 17.6. The summed E-state index contributed by atoms with van der Waals surface area (Å²) in [6.07, 6.45) is 0. The zero-order chi connectivity index (χ0) is 43.5. The first-order chi connectivity index (χ1) is 32.1. The Kier molecular flexibility index (Phi) is 9.21. The molecule has 0 fully saturated rings.